The van der Waals surface area contributed by atoms with Crippen molar-refractivity contribution in [1.82, 2.24) is 0 Å². The fraction of sp³-hybridized carbons (Fsp3) is 0.550. The highest BCUT2D eigenvalue weighted by atomic mass is 16.6. The molecule has 0 aromatic carbocycles. The minimum Gasteiger partial charge on any atom is -0.429 e. The van der Waals surface area contributed by atoms with E-state index in [0.29, 0.717) is 12.0 Å². The monoisotopic (exact) mass is 318 g/mol. The quantitative estimate of drug-likeness (QED) is 0.481. The first kappa shape index (κ1) is 19.4. The van der Waals surface area contributed by atoms with Crippen LogP contribution in [0.15, 0.2) is 46.6 Å². The average Bonchev–Trinajstić information content (AvgIpc) is 2.76. The van der Waals surface area contributed by atoms with Gasteiger partial charge in [0.05, 0.1) is 0 Å². The largest absolute Gasteiger partial charge is 0.429 e. The highest BCUT2D eigenvalue weighted by Crippen LogP contribution is 2.19. The van der Waals surface area contributed by atoms with Gasteiger partial charge in [-0.15, -0.1) is 0 Å². The minimum atomic E-state index is -1.04. The maximum atomic E-state index is 11.0. The summed E-state index contributed by atoms with van der Waals surface area (Å²) >= 11 is 0. The van der Waals surface area contributed by atoms with Gasteiger partial charge in [-0.25, -0.2) is 4.79 Å². The van der Waals surface area contributed by atoms with Gasteiger partial charge in [0.25, 0.3) is 0 Å². The normalized spacial score (nSPS) is 18.7. The molecule has 1 N–H and O–H groups in total. The highest BCUT2D eigenvalue weighted by molar-refractivity contribution is 5.85. The van der Waals surface area contributed by atoms with Crippen molar-refractivity contribution < 1.29 is 14.6 Å². The summed E-state index contributed by atoms with van der Waals surface area (Å²) in [6.45, 7) is 8.60. The molecule has 0 fully saturated rings. The minimum absolute atomic E-state index is 0.443. The lowest BCUT2D eigenvalue weighted by atomic mass is 10.0. The van der Waals surface area contributed by atoms with E-state index in [1.54, 1.807) is 0 Å². The molecular formula is C20H30O3. The van der Waals surface area contributed by atoms with Gasteiger partial charge in [-0.1, -0.05) is 34.9 Å². The zero-order valence-corrected chi connectivity index (χ0v) is 14.9. The van der Waals surface area contributed by atoms with Crippen molar-refractivity contribution in [2.45, 2.75) is 72.5 Å². The number of cyclic esters (lactones) is 1. The van der Waals surface area contributed by atoms with Crippen LogP contribution in [-0.2, 0) is 9.53 Å². The second kappa shape index (κ2) is 10.2. The molecule has 1 rings (SSSR count). The van der Waals surface area contributed by atoms with Gasteiger partial charge in [0.2, 0.25) is 6.29 Å². The molecule has 0 saturated carbocycles. The second-order valence-electron chi connectivity index (χ2n) is 6.51. The molecule has 1 aliphatic heterocycles. The topological polar surface area (TPSA) is 46.5 Å². The summed E-state index contributed by atoms with van der Waals surface area (Å²) < 4.78 is 4.66. The molecule has 0 radical (unpaired) electrons. The molecule has 1 aliphatic rings. The molecule has 0 amide bonds. The number of carbonyl (C=O) groups excluding carboxylic acids is 1. The van der Waals surface area contributed by atoms with Crippen LogP contribution in [0.1, 0.15) is 66.2 Å². The molecule has 1 unspecified atom stereocenters. The van der Waals surface area contributed by atoms with Crippen molar-refractivity contribution in [2.24, 2.45) is 0 Å². The number of hydrogen-bond donors (Lipinski definition) is 1. The lowest BCUT2D eigenvalue weighted by Gasteiger charge is -2.06. The Labute approximate surface area is 140 Å². The number of allylic oxidation sites excluding steroid dienone is 6. The van der Waals surface area contributed by atoms with E-state index in [-0.39, 0.29) is 0 Å². The Bertz CT molecular complexity index is 517. The molecule has 23 heavy (non-hydrogen) atoms. The zero-order chi connectivity index (χ0) is 17.2. The van der Waals surface area contributed by atoms with Crippen molar-refractivity contribution in [2.75, 3.05) is 0 Å². The summed E-state index contributed by atoms with van der Waals surface area (Å²) in [5.74, 6) is -0.443. The number of ether oxygens (including phenoxy) is 1. The van der Waals surface area contributed by atoms with Gasteiger partial charge in [-0.05, 0) is 66.2 Å². The van der Waals surface area contributed by atoms with Crippen LogP contribution in [0.3, 0.4) is 0 Å². The van der Waals surface area contributed by atoms with Crippen molar-refractivity contribution in [1.29, 1.82) is 0 Å². The number of carbonyl (C=O) groups is 1. The van der Waals surface area contributed by atoms with Crippen LogP contribution in [0.25, 0.3) is 0 Å². The molecule has 3 heteroatoms. The van der Waals surface area contributed by atoms with Crippen LogP contribution in [0.5, 0.6) is 0 Å². The van der Waals surface area contributed by atoms with Crippen LogP contribution >= 0.6 is 0 Å². The third-order valence-electron chi connectivity index (χ3n) is 3.90. The number of aliphatic hydroxyl groups excluding tert-OH is 1. The Hall–Kier alpha value is -1.61. The predicted octanol–water partition coefficient (Wildman–Crippen LogP) is 4.99. The SMILES string of the molecule is CC(C)=CCCC(C)=CCCC(C)=CCCC1=CC(=O)OC1O. The van der Waals surface area contributed by atoms with Gasteiger partial charge in [0.1, 0.15) is 0 Å². The number of rotatable bonds is 9. The second-order valence-corrected chi connectivity index (χ2v) is 6.51. The van der Waals surface area contributed by atoms with E-state index in [1.165, 1.54) is 22.8 Å². The molecule has 3 nitrogen and oxygen atoms in total. The van der Waals surface area contributed by atoms with Crippen molar-refractivity contribution >= 4 is 5.97 Å². The van der Waals surface area contributed by atoms with E-state index in [4.69, 9.17) is 0 Å². The molecule has 128 valence electrons. The number of esters is 1. The molecule has 0 aromatic rings. The molecule has 0 saturated heterocycles. The number of aliphatic hydroxyl groups is 1. The summed E-state index contributed by atoms with van der Waals surface area (Å²) in [5, 5.41) is 9.49. The number of hydrogen-bond acceptors (Lipinski definition) is 3. The van der Waals surface area contributed by atoms with Crippen molar-refractivity contribution in [3.63, 3.8) is 0 Å². The standard InChI is InChI=1S/C20H30O3/c1-15(2)8-5-9-16(3)10-6-11-17(4)12-7-13-18-14-19(21)23-20(18)22/h8,10,12,14,20,22H,5-7,9,11,13H2,1-4H3. The first-order valence-corrected chi connectivity index (χ1v) is 8.42. The van der Waals surface area contributed by atoms with Crippen LogP contribution in [0.2, 0.25) is 0 Å². The Morgan fingerprint density at radius 1 is 1.04 bits per heavy atom. The van der Waals surface area contributed by atoms with E-state index >= 15 is 0 Å². The molecule has 1 heterocycles. The highest BCUT2D eigenvalue weighted by Gasteiger charge is 2.22. The molecule has 0 aliphatic carbocycles. The van der Waals surface area contributed by atoms with Crippen LogP contribution < -0.4 is 0 Å². The zero-order valence-electron chi connectivity index (χ0n) is 14.9. The van der Waals surface area contributed by atoms with E-state index in [1.807, 2.05) is 0 Å². The Morgan fingerprint density at radius 3 is 2.13 bits per heavy atom. The Balaban J connectivity index is 2.25. The van der Waals surface area contributed by atoms with Crippen molar-refractivity contribution in [3.8, 4) is 0 Å². The van der Waals surface area contributed by atoms with Gasteiger partial charge < -0.3 is 9.84 Å². The summed E-state index contributed by atoms with van der Waals surface area (Å²) in [6.07, 6.45) is 13.0. The first-order chi connectivity index (χ1) is 10.9. The average molecular weight is 318 g/mol. The van der Waals surface area contributed by atoms with E-state index < -0.39 is 12.3 Å². The lowest BCUT2D eigenvalue weighted by Crippen LogP contribution is -2.09. The Morgan fingerprint density at radius 2 is 1.61 bits per heavy atom. The van der Waals surface area contributed by atoms with Gasteiger partial charge in [0.15, 0.2) is 0 Å². The third-order valence-corrected chi connectivity index (χ3v) is 3.90. The van der Waals surface area contributed by atoms with E-state index in [0.717, 1.165) is 32.1 Å². The van der Waals surface area contributed by atoms with Crippen LogP contribution in [0, 0.1) is 0 Å². The molecule has 0 aromatic heterocycles. The smallest absolute Gasteiger partial charge is 0.333 e. The molecule has 0 spiro atoms. The molecular weight excluding hydrogens is 288 g/mol. The van der Waals surface area contributed by atoms with Gasteiger partial charge in [0, 0.05) is 11.6 Å². The molecule has 1 atom stereocenters. The maximum absolute atomic E-state index is 11.0. The maximum Gasteiger partial charge on any atom is 0.333 e. The lowest BCUT2D eigenvalue weighted by molar-refractivity contribution is -0.151. The third kappa shape index (κ3) is 8.56. The Kier molecular flexibility index (Phi) is 8.64. The van der Waals surface area contributed by atoms with Gasteiger partial charge in [-0.2, -0.15) is 0 Å². The van der Waals surface area contributed by atoms with E-state index in [2.05, 4.69) is 50.7 Å². The summed E-state index contributed by atoms with van der Waals surface area (Å²) in [5.41, 5.74) is 4.85. The fourth-order valence-electron chi connectivity index (χ4n) is 2.46. The summed E-state index contributed by atoms with van der Waals surface area (Å²) in [4.78, 5) is 11.0. The molecule has 0 bridgehead atoms. The van der Waals surface area contributed by atoms with Crippen LogP contribution in [0.4, 0.5) is 0 Å². The summed E-state index contributed by atoms with van der Waals surface area (Å²) in [7, 11) is 0. The van der Waals surface area contributed by atoms with Crippen LogP contribution in [-0.4, -0.2) is 17.4 Å². The van der Waals surface area contributed by atoms with Gasteiger partial charge in [-0.3, -0.25) is 0 Å². The van der Waals surface area contributed by atoms with E-state index in [9.17, 15) is 9.90 Å². The predicted molar refractivity (Wildman–Crippen MR) is 94.8 cm³/mol. The van der Waals surface area contributed by atoms with Gasteiger partial charge >= 0.3 is 5.97 Å². The first-order valence-electron chi connectivity index (χ1n) is 8.42. The van der Waals surface area contributed by atoms with Crippen molar-refractivity contribution in [3.05, 3.63) is 46.6 Å². The summed E-state index contributed by atoms with van der Waals surface area (Å²) in [6, 6.07) is 0. The fourth-order valence-corrected chi connectivity index (χ4v) is 2.46.